The number of ether oxygens (including phenoxy) is 2. The van der Waals surface area contributed by atoms with Gasteiger partial charge >= 0.3 is 0 Å². The summed E-state index contributed by atoms with van der Waals surface area (Å²) in [6.45, 7) is 5.71. The number of nitrogens with one attached hydrogen (secondary N) is 1. The summed E-state index contributed by atoms with van der Waals surface area (Å²) in [5, 5.41) is 13.3. The van der Waals surface area contributed by atoms with E-state index in [1.54, 1.807) is 0 Å². The third kappa shape index (κ3) is 5.94. The molecular formula is C16H24BrNO3. The molecule has 1 aromatic carbocycles. The molecule has 4 nitrogen and oxygen atoms in total. The second-order valence-corrected chi connectivity index (χ2v) is 6.89. The molecule has 0 aliphatic carbocycles. The first-order valence-corrected chi connectivity index (χ1v) is 8.22. The van der Waals surface area contributed by atoms with E-state index in [1.165, 1.54) is 0 Å². The minimum Gasteiger partial charge on any atom is -0.491 e. The van der Waals surface area contributed by atoms with E-state index in [-0.39, 0.29) is 5.41 Å². The van der Waals surface area contributed by atoms with Gasteiger partial charge in [-0.3, -0.25) is 0 Å². The average molecular weight is 358 g/mol. The molecule has 0 bridgehead atoms. The quantitative estimate of drug-likeness (QED) is 0.787. The van der Waals surface area contributed by atoms with Crippen LogP contribution in [0.2, 0.25) is 0 Å². The van der Waals surface area contributed by atoms with Crippen LogP contribution in [0.5, 0.6) is 5.75 Å². The van der Waals surface area contributed by atoms with Crippen molar-refractivity contribution in [2.75, 3.05) is 32.9 Å². The van der Waals surface area contributed by atoms with Crippen LogP contribution in [0.4, 0.5) is 0 Å². The van der Waals surface area contributed by atoms with Gasteiger partial charge in [-0.15, -0.1) is 0 Å². The van der Waals surface area contributed by atoms with Crippen molar-refractivity contribution < 1.29 is 14.6 Å². The molecule has 1 unspecified atom stereocenters. The first-order valence-electron chi connectivity index (χ1n) is 7.42. The highest BCUT2D eigenvalue weighted by Gasteiger charge is 2.26. The van der Waals surface area contributed by atoms with Gasteiger partial charge in [-0.25, -0.2) is 0 Å². The zero-order valence-electron chi connectivity index (χ0n) is 12.5. The summed E-state index contributed by atoms with van der Waals surface area (Å²) >= 11 is 3.38. The second-order valence-electron chi connectivity index (χ2n) is 5.97. The van der Waals surface area contributed by atoms with Crippen molar-refractivity contribution in [3.8, 4) is 5.75 Å². The molecule has 1 fully saturated rings. The third-order valence-electron chi connectivity index (χ3n) is 3.89. The zero-order valence-corrected chi connectivity index (χ0v) is 14.1. The summed E-state index contributed by atoms with van der Waals surface area (Å²) in [6.07, 6.45) is 1.65. The molecule has 1 aliphatic heterocycles. The van der Waals surface area contributed by atoms with E-state index >= 15 is 0 Å². The summed E-state index contributed by atoms with van der Waals surface area (Å²) < 4.78 is 12.0. The van der Waals surface area contributed by atoms with Gasteiger partial charge in [0.25, 0.3) is 0 Å². The van der Waals surface area contributed by atoms with E-state index in [0.29, 0.717) is 13.2 Å². The molecule has 1 aromatic rings. The molecule has 0 radical (unpaired) electrons. The molecule has 0 amide bonds. The van der Waals surface area contributed by atoms with Crippen LogP contribution < -0.4 is 10.1 Å². The fraction of sp³-hybridized carbons (Fsp3) is 0.625. The number of hydrogen-bond acceptors (Lipinski definition) is 4. The number of aliphatic hydroxyl groups excluding tert-OH is 1. The van der Waals surface area contributed by atoms with Gasteiger partial charge in [-0.1, -0.05) is 22.9 Å². The molecule has 0 saturated carbocycles. The smallest absolute Gasteiger partial charge is 0.119 e. The number of hydrogen-bond donors (Lipinski definition) is 2. The van der Waals surface area contributed by atoms with Gasteiger partial charge in [0, 0.05) is 30.8 Å². The Kier molecular flexibility index (Phi) is 6.48. The molecule has 0 spiro atoms. The Bertz CT molecular complexity index is 418. The molecule has 1 heterocycles. The van der Waals surface area contributed by atoms with Crippen LogP contribution in [0.15, 0.2) is 28.7 Å². The maximum absolute atomic E-state index is 9.96. The van der Waals surface area contributed by atoms with Crippen molar-refractivity contribution in [2.45, 2.75) is 25.9 Å². The van der Waals surface area contributed by atoms with E-state index in [1.807, 2.05) is 24.3 Å². The normalized spacial score (nSPS) is 19.2. The minimum atomic E-state index is -0.503. The van der Waals surface area contributed by atoms with Crippen molar-refractivity contribution >= 4 is 15.9 Å². The van der Waals surface area contributed by atoms with Crippen molar-refractivity contribution in [3.63, 3.8) is 0 Å². The monoisotopic (exact) mass is 357 g/mol. The largest absolute Gasteiger partial charge is 0.491 e. The number of aliphatic hydroxyl groups is 1. The van der Waals surface area contributed by atoms with Crippen molar-refractivity contribution in [2.24, 2.45) is 5.41 Å². The van der Waals surface area contributed by atoms with Crippen molar-refractivity contribution in [1.29, 1.82) is 0 Å². The maximum Gasteiger partial charge on any atom is 0.119 e. The van der Waals surface area contributed by atoms with E-state index in [0.717, 1.165) is 42.8 Å². The summed E-state index contributed by atoms with van der Waals surface area (Å²) in [5.74, 6) is 0.772. The number of rotatable bonds is 7. The highest BCUT2D eigenvalue weighted by molar-refractivity contribution is 9.10. The second kappa shape index (κ2) is 8.13. The van der Waals surface area contributed by atoms with Crippen LogP contribution in [0.1, 0.15) is 19.8 Å². The van der Waals surface area contributed by atoms with E-state index in [2.05, 4.69) is 28.2 Å². The first kappa shape index (κ1) is 16.7. The van der Waals surface area contributed by atoms with E-state index in [9.17, 15) is 5.11 Å². The molecule has 5 heteroatoms. The molecule has 0 aromatic heterocycles. The molecule has 118 valence electrons. The lowest BCUT2D eigenvalue weighted by Gasteiger charge is -2.34. The lowest BCUT2D eigenvalue weighted by molar-refractivity contribution is 0.0217. The van der Waals surface area contributed by atoms with Crippen LogP contribution in [0.3, 0.4) is 0 Å². The first-order chi connectivity index (χ1) is 10.1. The maximum atomic E-state index is 9.96. The van der Waals surface area contributed by atoms with Gasteiger partial charge in [0.1, 0.15) is 18.5 Å². The number of benzene rings is 1. The van der Waals surface area contributed by atoms with E-state index in [4.69, 9.17) is 9.47 Å². The standard InChI is InChI=1S/C16H24BrNO3/c1-16(6-8-20-9-7-16)12-18-10-14(19)11-21-15-4-2-13(17)3-5-15/h2-5,14,18-19H,6-12H2,1H3. The Morgan fingerprint density at radius 2 is 2.00 bits per heavy atom. The molecule has 1 saturated heterocycles. The fourth-order valence-corrected chi connectivity index (χ4v) is 2.63. The summed E-state index contributed by atoms with van der Waals surface area (Å²) in [5.41, 5.74) is 0.282. The molecular weight excluding hydrogens is 334 g/mol. The van der Waals surface area contributed by atoms with Gasteiger partial charge in [0.2, 0.25) is 0 Å². The summed E-state index contributed by atoms with van der Waals surface area (Å²) in [7, 11) is 0. The summed E-state index contributed by atoms with van der Waals surface area (Å²) in [4.78, 5) is 0. The average Bonchev–Trinajstić information content (AvgIpc) is 2.47. The molecule has 2 N–H and O–H groups in total. The van der Waals surface area contributed by atoms with Gasteiger partial charge < -0.3 is 19.9 Å². The molecule has 2 rings (SSSR count). The predicted molar refractivity (Wildman–Crippen MR) is 86.7 cm³/mol. The SMILES string of the molecule is CC1(CNCC(O)COc2ccc(Br)cc2)CCOCC1. The van der Waals surface area contributed by atoms with Crippen molar-refractivity contribution in [3.05, 3.63) is 28.7 Å². The Labute approximate surface area is 135 Å². The minimum absolute atomic E-state index is 0.282. The highest BCUT2D eigenvalue weighted by atomic mass is 79.9. The predicted octanol–water partition coefficient (Wildman–Crippen LogP) is 2.60. The van der Waals surface area contributed by atoms with Crippen LogP contribution in [-0.2, 0) is 4.74 Å². The Hall–Kier alpha value is -0.620. The Balaban J connectivity index is 1.63. The van der Waals surface area contributed by atoms with Gasteiger partial charge in [0.15, 0.2) is 0 Å². The van der Waals surface area contributed by atoms with Gasteiger partial charge in [0.05, 0.1) is 0 Å². The zero-order chi connectivity index (χ0) is 15.1. The Morgan fingerprint density at radius 1 is 1.33 bits per heavy atom. The van der Waals surface area contributed by atoms with E-state index < -0.39 is 6.10 Å². The lowest BCUT2D eigenvalue weighted by Crippen LogP contribution is -2.40. The molecule has 1 aliphatic rings. The molecule has 1 atom stereocenters. The van der Waals surface area contributed by atoms with Crippen LogP contribution in [0.25, 0.3) is 0 Å². The van der Waals surface area contributed by atoms with Gasteiger partial charge in [-0.2, -0.15) is 0 Å². The third-order valence-corrected chi connectivity index (χ3v) is 4.42. The fourth-order valence-electron chi connectivity index (χ4n) is 2.36. The highest BCUT2D eigenvalue weighted by Crippen LogP contribution is 2.28. The van der Waals surface area contributed by atoms with Crippen LogP contribution in [0, 0.1) is 5.41 Å². The summed E-state index contributed by atoms with van der Waals surface area (Å²) in [6, 6.07) is 7.61. The molecule has 21 heavy (non-hydrogen) atoms. The lowest BCUT2D eigenvalue weighted by atomic mass is 9.82. The number of halogens is 1. The van der Waals surface area contributed by atoms with Crippen molar-refractivity contribution in [1.82, 2.24) is 5.32 Å². The Morgan fingerprint density at radius 3 is 2.67 bits per heavy atom. The van der Waals surface area contributed by atoms with Crippen LogP contribution in [-0.4, -0.2) is 44.1 Å². The van der Waals surface area contributed by atoms with Gasteiger partial charge in [-0.05, 0) is 42.5 Å². The topological polar surface area (TPSA) is 50.7 Å². The van der Waals surface area contributed by atoms with Crippen LogP contribution >= 0.6 is 15.9 Å².